The quantitative estimate of drug-likeness (QED) is 0.282. The van der Waals surface area contributed by atoms with E-state index < -0.39 is 17.0 Å². The minimum Gasteiger partial charge on any atom is -0.493 e. The second-order valence-electron chi connectivity index (χ2n) is 7.40. The Hall–Kier alpha value is -2.71. The minimum absolute atomic E-state index is 0.0849. The van der Waals surface area contributed by atoms with Crippen LogP contribution >= 0.6 is 46.6 Å². The van der Waals surface area contributed by atoms with E-state index >= 15 is 0 Å². The van der Waals surface area contributed by atoms with Gasteiger partial charge in [-0.1, -0.05) is 53.0 Å². The van der Waals surface area contributed by atoms with Gasteiger partial charge in [-0.3, -0.25) is 14.5 Å². The van der Waals surface area contributed by atoms with E-state index in [0.717, 1.165) is 22.2 Å². The number of nitrogens with zero attached hydrogens (tertiary/aromatic N) is 1. The summed E-state index contributed by atoms with van der Waals surface area (Å²) in [5, 5.41) is 0.656. The maximum atomic E-state index is 14.1. The van der Waals surface area contributed by atoms with E-state index in [2.05, 4.69) is 0 Å². The molecule has 0 N–H and O–H groups in total. The molecule has 10 heteroatoms. The van der Waals surface area contributed by atoms with E-state index in [-0.39, 0.29) is 28.6 Å². The molecule has 0 unspecified atom stereocenters. The first-order valence-electron chi connectivity index (χ1n) is 10.2. The van der Waals surface area contributed by atoms with Gasteiger partial charge in [-0.2, -0.15) is 0 Å². The van der Waals surface area contributed by atoms with Gasteiger partial charge in [-0.25, -0.2) is 4.39 Å². The zero-order valence-electron chi connectivity index (χ0n) is 18.2. The van der Waals surface area contributed by atoms with Crippen LogP contribution in [0, 0.1) is 5.82 Å². The highest BCUT2D eigenvalue weighted by molar-refractivity contribution is 8.18. The lowest BCUT2D eigenvalue weighted by molar-refractivity contribution is -0.123. The van der Waals surface area contributed by atoms with Gasteiger partial charge in [-0.15, -0.1) is 0 Å². The molecule has 35 heavy (non-hydrogen) atoms. The standard InChI is InChI=1S/C25H17Cl3FNO4S/c1-33-22-9-14(5-8-21(22)34-13-15-6-7-16(26)11-19(15)28)10-23-24(31)30(25(32)35-23)12-17-18(27)3-2-4-20(17)29/h2-11H,12-13H2,1H3. The van der Waals surface area contributed by atoms with E-state index in [9.17, 15) is 14.0 Å². The largest absolute Gasteiger partial charge is 0.493 e. The first-order valence-corrected chi connectivity index (χ1v) is 12.1. The molecule has 0 spiro atoms. The second kappa shape index (κ2) is 10.9. The van der Waals surface area contributed by atoms with Gasteiger partial charge in [0.1, 0.15) is 12.4 Å². The third kappa shape index (κ3) is 5.76. The number of hydrogen-bond donors (Lipinski definition) is 0. The SMILES string of the molecule is COc1cc(C=C2SC(=O)N(Cc3c(F)cccc3Cl)C2=O)ccc1OCc1ccc(Cl)cc1Cl. The van der Waals surface area contributed by atoms with Crippen LogP contribution in [-0.2, 0) is 17.9 Å². The van der Waals surface area contributed by atoms with Gasteiger partial charge < -0.3 is 9.47 Å². The summed E-state index contributed by atoms with van der Waals surface area (Å²) < 4.78 is 25.4. The van der Waals surface area contributed by atoms with Crippen LogP contribution in [0.3, 0.4) is 0 Å². The van der Waals surface area contributed by atoms with Gasteiger partial charge in [-0.05, 0) is 59.8 Å². The zero-order valence-corrected chi connectivity index (χ0v) is 21.3. The lowest BCUT2D eigenvalue weighted by atomic mass is 10.1. The van der Waals surface area contributed by atoms with Crippen LogP contribution in [0.1, 0.15) is 16.7 Å². The molecule has 0 saturated carbocycles. The summed E-state index contributed by atoms with van der Waals surface area (Å²) in [6.07, 6.45) is 1.57. The molecule has 5 nitrogen and oxygen atoms in total. The van der Waals surface area contributed by atoms with E-state index in [4.69, 9.17) is 44.3 Å². The summed E-state index contributed by atoms with van der Waals surface area (Å²) in [4.78, 5) is 26.5. The highest BCUT2D eigenvalue weighted by Gasteiger charge is 2.36. The van der Waals surface area contributed by atoms with Crippen LogP contribution in [-0.4, -0.2) is 23.2 Å². The van der Waals surface area contributed by atoms with Crippen molar-refractivity contribution in [3.63, 3.8) is 0 Å². The van der Waals surface area contributed by atoms with Crippen molar-refractivity contribution in [2.75, 3.05) is 7.11 Å². The molecule has 3 aromatic carbocycles. The molecular formula is C25H17Cl3FNO4S. The molecule has 0 aromatic heterocycles. The highest BCUT2D eigenvalue weighted by atomic mass is 35.5. The number of thioether (sulfide) groups is 1. The van der Waals surface area contributed by atoms with Crippen LogP contribution in [0.2, 0.25) is 15.1 Å². The van der Waals surface area contributed by atoms with E-state index in [0.29, 0.717) is 27.1 Å². The predicted octanol–water partition coefficient (Wildman–Crippen LogP) is 7.61. The summed E-state index contributed by atoms with van der Waals surface area (Å²) in [6, 6.07) is 14.4. The molecule has 1 fully saturated rings. The molecule has 0 radical (unpaired) electrons. The molecule has 3 aromatic rings. The first-order chi connectivity index (χ1) is 16.8. The molecule has 180 valence electrons. The van der Waals surface area contributed by atoms with Crippen LogP contribution in [0.4, 0.5) is 9.18 Å². The number of imide groups is 1. The van der Waals surface area contributed by atoms with Crippen molar-refractivity contribution >= 4 is 63.8 Å². The normalized spacial score (nSPS) is 14.7. The van der Waals surface area contributed by atoms with Crippen LogP contribution in [0.5, 0.6) is 11.5 Å². The number of rotatable bonds is 7. The number of amides is 2. The van der Waals surface area contributed by atoms with E-state index in [1.807, 2.05) is 0 Å². The molecule has 4 rings (SSSR count). The Morgan fingerprint density at radius 1 is 1.00 bits per heavy atom. The summed E-state index contributed by atoms with van der Waals surface area (Å²) in [6.45, 7) is -0.0555. The maximum Gasteiger partial charge on any atom is 0.293 e. The highest BCUT2D eigenvalue weighted by Crippen LogP contribution is 2.36. The third-order valence-electron chi connectivity index (χ3n) is 5.14. The number of carbonyl (C=O) groups is 2. The number of methoxy groups -OCH3 is 1. The molecule has 1 saturated heterocycles. The second-order valence-corrected chi connectivity index (χ2v) is 9.65. The van der Waals surface area contributed by atoms with Crippen molar-refractivity contribution in [1.29, 1.82) is 0 Å². The number of ether oxygens (including phenoxy) is 2. The molecule has 1 aliphatic rings. The van der Waals surface area contributed by atoms with Gasteiger partial charge >= 0.3 is 0 Å². The Labute approximate surface area is 220 Å². The van der Waals surface area contributed by atoms with Crippen molar-refractivity contribution in [1.82, 2.24) is 4.90 Å². The van der Waals surface area contributed by atoms with E-state index in [1.54, 1.807) is 42.5 Å². The number of hydrogen-bond acceptors (Lipinski definition) is 5. The lowest BCUT2D eigenvalue weighted by Crippen LogP contribution is -2.28. The fourth-order valence-electron chi connectivity index (χ4n) is 3.32. The summed E-state index contributed by atoms with van der Waals surface area (Å²) in [5.41, 5.74) is 1.46. The fraction of sp³-hybridized carbons (Fsp3) is 0.120. The van der Waals surface area contributed by atoms with Gasteiger partial charge in [0.25, 0.3) is 11.1 Å². The smallest absolute Gasteiger partial charge is 0.293 e. The topological polar surface area (TPSA) is 55.8 Å². The Morgan fingerprint density at radius 2 is 1.80 bits per heavy atom. The van der Waals surface area contributed by atoms with Gasteiger partial charge in [0.15, 0.2) is 11.5 Å². The Balaban J connectivity index is 1.51. The Bertz CT molecular complexity index is 1330. The van der Waals surface area contributed by atoms with E-state index in [1.165, 1.54) is 25.3 Å². The molecule has 0 atom stereocenters. The summed E-state index contributed by atoms with van der Waals surface area (Å²) >= 11 is 18.9. The van der Waals surface area contributed by atoms with Gasteiger partial charge in [0.05, 0.1) is 18.6 Å². The van der Waals surface area contributed by atoms with Crippen molar-refractivity contribution in [3.8, 4) is 11.5 Å². The van der Waals surface area contributed by atoms with Crippen LogP contribution in [0.15, 0.2) is 59.5 Å². The van der Waals surface area contributed by atoms with Gasteiger partial charge in [0.2, 0.25) is 0 Å². The Kier molecular flexibility index (Phi) is 7.91. The average molecular weight is 553 g/mol. The lowest BCUT2D eigenvalue weighted by Gasteiger charge is -2.14. The predicted molar refractivity (Wildman–Crippen MR) is 137 cm³/mol. The molecule has 1 heterocycles. The molecular weight excluding hydrogens is 536 g/mol. The van der Waals surface area contributed by atoms with Crippen molar-refractivity contribution in [2.45, 2.75) is 13.2 Å². The summed E-state index contributed by atoms with van der Waals surface area (Å²) in [7, 11) is 1.49. The summed E-state index contributed by atoms with van der Waals surface area (Å²) in [5.74, 6) is -0.212. The van der Waals surface area contributed by atoms with Crippen LogP contribution < -0.4 is 9.47 Å². The molecule has 1 aliphatic heterocycles. The fourth-order valence-corrected chi connectivity index (χ4v) is 4.84. The minimum atomic E-state index is -0.583. The van der Waals surface area contributed by atoms with Crippen molar-refractivity contribution in [3.05, 3.63) is 97.1 Å². The maximum absolute atomic E-state index is 14.1. The third-order valence-corrected chi connectivity index (χ3v) is 6.98. The monoisotopic (exact) mass is 551 g/mol. The molecule has 0 aliphatic carbocycles. The number of benzene rings is 3. The van der Waals surface area contributed by atoms with Crippen LogP contribution in [0.25, 0.3) is 6.08 Å². The number of halogens is 4. The van der Waals surface area contributed by atoms with Crippen molar-refractivity contribution < 1.29 is 23.5 Å². The molecule has 0 bridgehead atoms. The van der Waals surface area contributed by atoms with Gasteiger partial charge in [0, 0.05) is 26.2 Å². The Morgan fingerprint density at radius 3 is 2.51 bits per heavy atom. The molecule has 2 amide bonds. The van der Waals surface area contributed by atoms with Crippen molar-refractivity contribution in [2.24, 2.45) is 0 Å². The zero-order chi connectivity index (χ0) is 25.1. The number of carbonyl (C=O) groups excluding carboxylic acids is 2. The average Bonchev–Trinajstić information content (AvgIpc) is 3.08. The first kappa shape index (κ1) is 25.4.